The fourth-order valence-electron chi connectivity index (χ4n) is 3.05. The lowest BCUT2D eigenvalue weighted by atomic mass is 10.1. The molecular weight excluding hydrogens is 338 g/mol. The van der Waals surface area contributed by atoms with E-state index in [1.165, 1.54) is 15.6 Å². The summed E-state index contributed by atoms with van der Waals surface area (Å²) in [7, 11) is 0. The van der Waals surface area contributed by atoms with Crippen LogP contribution in [0.5, 0.6) is 0 Å². The van der Waals surface area contributed by atoms with E-state index in [1.54, 1.807) is 6.07 Å². The minimum absolute atomic E-state index is 0.199. The highest BCUT2D eigenvalue weighted by atomic mass is 16.1. The van der Waals surface area contributed by atoms with Crippen molar-refractivity contribution in [1.29, 1.82) is 0 Å². The number of benzene rings is 2. The lowest BCUT2D eigenvalue weighted by Gasteiger charge is -2.10. The molecule has 0 saturated carbocycles. The Hall–Kier alpha value is -3.41. The third kappa shape index (κ3) is 3.46. The molecule has 6 nitrogen and oxygen atoms in total. The zero-order valence-electron chi connectivity index (χ0n) is 15.4. The van der Waals surface area contributed by atoms with E-state index >= 15 is 0 Å². The first-order valence-corrected chi connectivity index (χ1v) is 9.02. The Kier molecular flexibility index (Phi) is 4.46. The van der Waals surface area contributed by atoms with Crippen LogP contribution in [0.2, 0.25) is 0 Å². The smallest absolute Gasteiger partial charge is 0.275 e. The second-order valence-electron chi connectivity index (χ2n) is 6.53. The first kappa shape index (κ1) is 17.0. The van der Waals surface area contributed by atoms with E-state index in [4.69, 9.17) is 0 Å². The molecule has 0 fully saturated rings. The van der Waals surface area contributed by atoms with Gasteiger partial charge in [0.2, 0.25) is 5.78 Å². The predicted molar refractivity (Wildman–Crippen MR) is 107 cm³/mol. The topological polar surface area (TPSA) is 75.1 Å². The van der Waals surface area contributed by atoms with Crippen LogP contribution in [0.1, 0.15) is 23.7 Å². The van der Waals surface area contributed by atoms with Gasteiger partial charge in [-0.05, 0) is 25.0 Å². The van der Waals surface area contributed by atoms with Crippen LogP contribution in [-0.4, -0.2) is 19.6 Å². The largest absolute Gasteiger partial charge is 0.379 e. The molecule has 0 aliphatic rings. The first-order chi connectivity index (χ1) is 13.1. The van der Waals surface area contributed by atoms with Gasteiger partial charge in [-0.1, -0.05) is 55.0 Å². The molecule has 2 N–H and O–H groups in total. The fraction of sp³-hybridized carbons (Fsp3) is 0.190. The van der Waals surface area contributed by atoms with Crippen LogP contribution in [0.25, 0.3) is 17.2 Å². The summed E-state index contributed by atoms with van der Waals surface area (Å²) in [6.07, 6.45) is 0.947. The van der Waals surface area contributed by atoms with Gasteiger partial charge in [-0.3, -0.25) is 4.79 Å². The molecule has 4 rings (SSSR count). The number of nitrogens with one attached hydrogen (secondary N) is 2. The number of nitrogens with zero attached hydrogens (tertiary/aromatic N) is 3. The van der Waals surface area contributed by atoms with Gasteiger partial charge in [0.05, 0.1) is 6.54 Å². The lowest BCUT2D eigenvalue weighted by molar-refractivity contribution is 0.878. The second-order valence-corrected chi connectivity index (χ2v) is 6.53. The average Bonchev–Trinajstić information content (AvgIpc) is 3.12. The van der Waals surface area contributed by atoms with Gasteiger partial charge < -0.3 is 10.3 Å². The van der Waals surface area contributed by atoms with Crippen molar-refractivity contribution in [3.05, 3.63) is 81.8 Å². The van der Waals surface area contributed by atoms with E-state index in [2.05, 4.69) is 33.4 Å². The molecule has 6 heteroatoms. The number of aromatic amines is 1. The number of hydrogen-bond donors (Lipinski definition) is 2. The van der Waals surface area contributed by atoms with Gasteiger partial charge >= 0.3 is 0 Å². The van der Waals surface area contributed by atoms with Gasteiger partial charge in [0.1, 0.15) is 0 Å². The molecule has 27 heavy (non-hydrogen) atoms. The first-order valence-electron chi connectivity index (χ1n) is 9.02. The summed E-state index contributed by atoms with van der Waals surface area (Å²) in [4.78, 5) is 20.1. The molecule has 2 heterocycles. The van der Waals surface area contributed by atoms with Crippen molar-refractivity contribution in [2.24, 2.45) is 0 Å². The molecule has 0 saturated heterocycles. The quantitative estimate of drug-likeness (QED) is 0.571. The Labute approximate surface area is 156 Å². The molecular formula is C21H21N5O. The van der Waals surface area contributed by atoms with Crippen molar-refractivity contribution < 1.29 is 0 Å². The second kappa shape index (κ2) is 7.07. The summed E-state index contributed by atoms with van der Waals surface area (Å²) in [5, 5.41) is 7.73. The van der Waals surface area contributed by atoms with Crippen LogP contribution in [-0.2, 0) is 13.0 Å². The molecule has 4 aromatic rings. The van der Waals surface area contributed by atoms with E-state index in [-0.39, 0.29) is 5.56 Å². The number of hydrogen-bond acceptors (Lipinski definition) is 4. The standard InChI is InChI=1S/C21H21N5O/c1-3-15-6-4-5-7-18(15)22-13-17-12-19(27)26-21(23-17)24-20(25-26)16-10-8-14(2)9-11-16/h4-12,22H,3,13H2,1-2H3,(H,23,24,25). The van der Waals surface area contributed by atoms with Gasteiger partial charge in [-0.2, -0.15) is 9.50 Å². The summed E-state index contributed by atoms with van der Waals surface area (Å²) in [5.74, 6) is 0.975. The third-order valence-corrected chi connectivity index (χ3v) is 4.56. The predicted octanol–water partition coefficient (Wildman–Crippen LogP) is 3.57. The molecule has 2 aromatic carbocycles. The highest BCUT2D eigenvalue weighted by molar-refractivity contribution is 5.57. The third-order valence-electron chi connectivity index (χ3n) is 4.56. The highest BCUT2D eigenvalue weighted by Gasteiger charge is 2.10. The normalized spacial score (nSPS) is 11.0. The van der Waals surface area contributed by atoms with Crippen LogP contribution in [0, 0.1) is 6.92 Å². The number of rotatable bonds is 5. The van der Waals surface area contributed by atoms with E-state index in [0.29, 0.717) is 18.1 Å². The van der Waals surface area contributed by atoms with Crippen LogP contribution < -0.4 is 10.9 Å². The van der Waals surface area contributed by atoms with E-state index in [1.807, 2.05) is 49.4 Å². The van der Waals surface area contributed by atoms with Gasteiger partial charge in [-0.25, -0.2) is 0 Å². The summed E-state index contributed by atoms with van der Waals surface area (Å²) in [5.41, 5.74) is 4.93. The van der Waals surface area contributed by atoms with Gasteiger partial charge in [0, 0.05) is 23.0 Å². The van der Waals surface area contributed by atoms with Crippen LogP contribution in [0.4, 0.5) is 5.69 Å². The maximum Gasteiger partial charge on any atom is 0.275 e. The molecule has 0 amide bonds. The number of H-pyrrole nitrogens is 1. The zero-order chi connectivity index (χ0) is 18.8. The minimum atomic E-state index is -0.199. The SMILES string of the molecule is CCc1ccccc1NCc1cc(=O)n2nc(-c3ccc(C)cc3)nc2[nH]1. The zero-order valence-corrected chi connectivity index (χ0v) is 15.4. The lowest BCUT2D eigenvalue weighted by Crippen LogP contribution is -2.17. The summed E-state index contributed by atoms with van der Waals surface area (Å²) in [6, 6.07) is 17.6. The van der Waals surface area contributed by atoms with E-state index in [9.17, 15) is 4.79 Å². The van der Waals surface area contributed by atoms with Gasteiger partial charge in [0.15, 0.2) is 5.82 Å². The summed E-state index contributed by atoms with van der Waals surface area (Å²) < 4.78 is 1.30. The van der Waals surface area contributed by atoms with Crippen molar-refractivity contribution in [2.75, 3.05) is 5.32 Å². The van der Waals surface area contributed by atoms with Crippen molar-refractivity contribution >= 4 is 11.5 Å². The van der Waals surface area contributed by atoms with Crippen molar-refractivity contribution in [1.82, 2.24) is 19.6 Å². The Morgan fingerprint density at radius 3 is 2.67 bits per heavy atom. The molecule has 136 valence electrons. The van der Waals surface area contributed by atoms with Crippen molar-refractivity contribution in [3.8, 4) is 11.4 Å². The number of aromatic nitrogens is 4. The number of aryl methyl sites for hydroxylation is 2. The van der Waals surface area contributed by atoms with E-state index in [0.717, 1.165) is 23.4 Å². The van der Waals surface area contributed by atoms with E-state index < -0.39 is 0 Å². The Morgan fingerprint density at radius 2 is 1.89 bits per heavy atom. The minimum Gasteiger partial charge on any atom is -0.379 e. The molecule has 0 radical (unpaired) electrons. The molecule has 0 bridgehead atoms. The van der Waals surface area contributed by atoms with Crippen molar-refractivity contribution in [3.63, 3.8) is 0 Å². The maximum atomic E-state index is 12.4. The Morgan fingerprint density at radius 1 is 1.11 bits per heavy atom. The average molecular weight is 359 g/mol. The monoisotopic (exact) mass is 359 g/mol. The Bertz CT molecular complexity index is 1140. The maximum absolute atomic E-state index is 12.4. The van der Waals surface area contributed by atoms with Crippen LogP contribution in [0.15, 0.2) is 59.4 Å². The summed E-state index contributed by atoms with van der Waals surface area (Å²) >= 11 is 0. The molecule has 0 spiro atoms. The number of anilines is 1. The number of fused-ring (bicyclic) bond motifs is 1. The molecule has 0 aliphatic heterocycles. The van der Waals surface area contributed by atoms with Crippen LogP contribution >= 0.6 is 0 Å². The molecule has 0 unspecified atom stereocenters. The molecule has 0 aliphatic carbocycles. The van der Waals surface area contributed by atoms with Crippen LogP contribution in [0.3, 0.4) is 0 Å². The van der Waals surface area contributed by atoms with Gasteiger partial charge in [0.25, 0.3) is 5.56 Å². The molecule has 0 atom stereocenters. The Balaban J connectivity index is 1.63. The highest BCUT2D eigenvalue weighted by Crippen LogP contribution is 2.17. The summed E-state index contributed by atoms with van der Waals surface area (Å²) in [6.45, 7) is 4.66. The fourth-order valence-corrected chi connectivity index (χ4v) is 3.05. The van der Waals surface area contributed by atoms with Gasteiger partial charge in [-0.15, -0.1) is 5.10 Å². The molecule has 2 aromatic heterocycles. The van der Waals surface area contributed by atoms with Crippen molar-refractivity contribution in [2.45, 2.75) is 26.8 Å². The number of para-hydroxylation sites is 1.